The summed E-state index contributed by atoms with van der Waals surface area (Å²) in [5.74, 6) is 0. The predicted octanol–water partition coefficient (Wildman–Crippen LogP) is 0.922. The van der Waals surface area contributed by atoms with Gasteiger partial charge in [-0.1, -0.05) is 24.3 Å². The molecule has 0 radical (unpaired) electrons. The topological polar surface area (TPSA) is 78.5 Å². The molecular weight excluding hydrogens is 278 g/mol. The summed E-state index contributed by atoms with van der Waals surface area (Å²) in [4.78, 5) is 11.6. The van der Waals surface area contributed by atoms with Crippen molar-refractivity contribution in [3.05, 3.63) is 42.5 Å². The highest BCUT2D eigenvalue weighted by Crippen LogP contribution is 2.18. The van der Waals surface area contributed by atoms with E-state index in [4.69, 9.17) is 0 Å². The third-order valence-corrected chi connectivity index (χ3v) is 4.49. The first-order valence-electron chi connectivity index (χ1n) is 6.02. The lowest BCUT2D eigenvalue weighted by molar-refractivity contribution is 0.241. The van der Waals surface area contributed by atoms with Crippen molar-refractivity contribution in [1.82, 2.24) is 14.9 Å². The van der Waals surface area contributed by atoms with Crippen LogP contribution >= 0.6 is 0 Å². The van der Waals surface area contributed by atoms with Gasteiger partial charge in [0.25, 0.3) is 0 Å². The molecule has 0 fully saturated rings. The quantitative estimate of drug-likeness (QED) is 0.767. The van der Waals surface area contributed by atoms with Gasteiger partial charge in [0.15, 0.2) is 0 Å². The Morgan fingerprint density at radius 3 is 2.55 bits per heavy atom. The first-order valence-corrected chi connectivity index (χ1v) is 7.46. The number of amides is 2. The van der Waals surface area contributed by atoms with E-state index in [2.05, 4.69) is 17.2 Å². The monoisotopic (exact) mass is 297 g/mol. The van der Waals surface area contributed by atoms with E-state index in [0.717, 1.165) is 4.31 Å². The minimum atomic E-state index is -3.53. The van der Waals surface area contributed by atoms with Crippen LogP contribution in [0.1, 0.15) is 5.56 Å². The van der Waals surface area contributed by atoms with Gasteiger partial charge in [-0.2, -0.15) is 0 Å². The van der Waals surface area contributed by atoms with E-state index in [-0.39, 0.29) is 17.5 Å². The molecule has 1 aromatic rings. The SMILES string of the molecule is C=CCNC(=O)NCc1ccccc1S(=O)(=O)N(C)C. The van der Waals surface area contributed by atoms with Crippen molar-refractivity contribution in [1.29, 1.82) is 0 Å². The molecule has 0 saturated heterocycles. The van der Waals surface area contributed by atoms with Gasteiger partial charge in [0.05, 0.1) is 4.90 Å². The van der Waals surface area contributed by atoms with Gasteiger partial charge < -0.3 is 10.6 Å². The molecule has 20 heavy (non-hydrogen) atoms. The fourth-order valence-corrected chi connectivity index (χ4v) is 2.62. The molecule has 0 bridgehead atoms. The zero-order chi connectivity index (χ0) is 15.2. The molecule has 0 aliphatic heterocycles. The van der Waals surface area contributed by atoms with Gasteiger partial charge in [0.1, 0.15) is 0 Å². The van der Waals surface area contributed by atoms with Crippen molar-refractivity contribution in [2.24, 2.45) is 0 Å². The molecule has 0 heterocycles. The molecule has 0 unspecified atom stereocenters. The van der Waals surface area contributed by atoms with Crippen LogP contribution in [-0.4, -0.2) is 39.4 Å². The Morgan fingerprint density at radius 1 is 1.30 bits per heavy atom. The lowest BCUT2D eigenvalue weighted by Gasteiger charge is -2.15. The highest BCUT2D eigenvalue weighted by atomic mass is 32.2. The first kappa shape index (κ1) is 16.2. The zero-order valence-electron chi connectivity index (χ0n) is 11.6. The van der Waals surface area contributed by atoms with E-state index in [1.807, 2.05) is 0 Å². The molecule has 0 aliphatic rings. The van der Waals surface area contributed by atoms with Gasteiger partial charge in [0, 0.05) is 27.2 Å². The lowest BCUT2D eigenvalue weighted by atomic mass is 10.2. The van der Waals surface area contributed by atoms with Gasteiger partial charge in [0.2, 0.25) is 10.0 Å². The summed E-state index contributed by atoms with van der Waals surface area (Å²) in [5, 5.41) is 5.16. The molecule has 0 aromatic heterocycles. The fraction of sp³-hybridized carbons (Fsp3) is 0.308. The fourth-order valence-electron chi connectivity index (χ4n) is 1.50. The van der Waals surface area contributed by atoms with Crippen LogP contribution in [0, 0.1) is 0 Å². The smallest absolute Gasteiger partial charge is 0.315 e. The van der Waals surface area contributed by atoms with E-state index in [0.29, 0.717) is 12.1 Å². The van der Waals surface area contributed by atoms with Crippen molar-refractivity contribution in [2.75, 3.05) is 20.6 Å². The van der Waals surface area contributed by atoms with Crippen LogP contribution in [0.2, 0.25) is 0 Å². The highest BCUT2D eigenvalue weighted by molar-refractivity contribution is 7.89. The van der Waals surface area contributed by atoms with E-state index in [1.54, 1.807) is 24.3 Å². The van der Waals surface area contributed by atoms with E-state index < -0.39 is 10.0 Å². The molecule has 6 nitrogen and oxygen atoms in total. The molecule has 2 amide bonds. The third kappa shape index (κ3) is 4.07. The van der Waals surface area contributed by atoms with Crippen molar-refractivity contribution >= 4 is 16.1 Å². The number of benzene rings is 1. The summed E-state index contributed by atoms with van der Waals surface area (Å²) in [6, 6.07) is 6.20. The number of hydrogen-bond acceptors (Lipinski definition) is 3. The Hall–Kier alpha value is -1.86. The molecule has 7 heteroatoms. The maximum absolute atomic E-state index is 12.2. The summed E-state index contributed by atoms with van der Waals surface area (Å²) >= 11 is 0. The summed E-state index contributed by atoms with van der Waals surface area (Å²) in [7, 11) is -0.590. The van der Waals surface area contributed by atoms with Crippen LogP contribution in [0.3, 0.4) is 0 Å². The lowest BCUT2D eigenvalue weighted by Crippen LogP contribution is -2.35. The van der Waals surface area contributed by atoms with Crippen LogP contribution in [-0.2, 0) is 16.6 Å². The van der Waals surface area contributed by atoms with Gasteiger partial charge in [-0.25, -0.2) is 17.5 Å². The standard InChI is InChI=1S/C13H19N3O3S/c1-4-9-14-13(17)15-10-11-7-5-6-8-12(11)20(18,19)16(2)3/h4-8H,1,9-10H2,2-3H3,(H2,14,15,17). The highest BCUT2D eigenvalue weighted by Gasteiger charge is 2.20. The van der Waals surface area contributed by atoms with Gasteiger partial charge >= 0.3 is 6.03 Å². The molecule has 0 spiro atoms. The van der Waals surface area contributed by atoms with Crippen LogP contribution in [0.5, 0.6) is 0 Å². The normalized spacial score (nSPS) is 11.2. The summed E-state index contributed by atoms with van der Waals surface area (Å²) in [5.41, 5.74) is 0.537. The number of nitrogens with zero attached hydrogens (tertiary/aromatic N) is 1. The van der Waals surface area contributed by atoms with Crippen LogP contribution in [0.25, 0.3) is 0 Å². The number of nitrogens with one attached hydrogen (secondary N) is 2. The molecule has 1 aromatic carbocycles. The van der Waals surface area contributed by atoms with Gasteiger partial charge in [-0.15, -0.1) is 6.58 Å². The molecule has 0 atom stereocenters. The average Bonchev–Trinajstić information content (AvgIpc) is 2.42. The maximum atomic E-state index is 12.2. The average molecular weight is 297 g/mol. The van der Waals surface area contributed by atoms with Gasteiger partial charge in [-0.3, -0.25) is 0 Å². The number of sulfonamides is 1. The summed E-state index contributed by atoms with van der Waals surface area (Å²) in [6.07, 6.45) is 1.56. The maximum Gasteiger partial charge on any atom is 0.315 e. The molecule has 0 saturated carbocycles. The van der Waals surface area contributed by atoms with Crippen LogP contribution in [0.15, 0.2) is 41.8 Å². The largest absolute Gasteiger partial charge is 0.335 e. The Labute approximate surface area is 119 Å². The van der Waals surface area contributed by atoms with Crippen molar-refractivity contribution < 1.29 is 13.2 Å². The Bertz CT molecular complexity index is 582. The van der Waals surface area contributed by atoms with Crippen LogP contribution in [0.4, 0.5) is 4.79 Å². The second kappa shape index (κ2) is 7.06. The summed E-state index contributed by atoms with van der Waals surface area (Å²) < 4.78 is 25.5. The Kier molecular flexibility index (Phi) is 5.72. The summed E-state index contributed by atoms with van der Waals surface area (Å²) in [6.45, 7) is 3.97. The number of hydrogen-bond donors (Lipinski definition) is 2. The Balaban J connectivity index is 2.87. The van der Waals surface area contributed by atoms with E-state index in [9.17, 15) is 13.2 Å². The molecule has 1 rings (SSSR count). The predicted molar refractivity (Wildman–Crippen MR) is 77.8 cm³/mol. The van der Waals surface area contributed by atoms with Crippen molar-refractivity contribution in [2.45, 2.75) is 11.4 Å². The van der Waals surface area contributed by atoms with Gasteiger partial charge in [-0.05, 0) is 11.6 Å². The number of rotatable bonds is 6. The van der Waals surface area contributed by atoms with Crippen molar-refractivity contribution in [3.63, 3.8) is 0 Å². The first-order chi connectivity index (χ1) is 9.39. The number of carbonyl (C=O) groups excluding carboxylic acids is 1. The molecule has 110 valence electrons. The van der Waals surface area contributed by atoms with Crippen LogP contribution < -0.4 is 10.6 Å². The molecular formula is C13H19N3O3S. The minimum Gasteiger partial charge on any atom is -0.335 e. The third-order valence-electron chi connectivity index (χ3n) is 2.58. The Morgan fingerprint density at radius 2 is 1.95 bits per heavy atom. The molecule has 2 N–H and O–H groups in total. The molecule has 0 aliphatic carbocycles. The second-order valence-electron chi connectivity index (χ2n) is 4.25. The van der Waals surface area contributed by atoms with Crippen molar-refractivity contribution in [3.8, 4) is 0 Å². The minimum absolute atomic E-state index is 0.131. The van der Waals surface area contributed by atoms with E-state index in [1.165, 1.54) is 20.2 Å². The van der Waals surface area contributed by atoms with E-state index >= 15 is 0 Å². The number of carbonyl (C=O) groups is 1. The number of urea groups is 1. The zero-order valence-corrected chi connectivity index (χ0v) is 12.4. The second-order valence-corrected chi connectivity index (χ2v) is 6.37.